The maximum atomic E-state index is 13.2. The van der Waals surface area contributed by atoms with E-state index >= 15 is 0 Å². The van der Waals surface area contributed by atoms with Crippen molar-refractivity contribution in [1.82, 2.24) is 9.36 Å². The number of esters is 1. The van der Waals surface area contributed by atoms with Crippen molar-refractivity contribution in [2.24, 2.45) is 30.2 Å². The summed E-state index contributed by atoms with van der Waals surface area (Å²) in [4.78, 5) is 39.1. The number of carbonyl (C=O) groups is 2. The average Bonchev–Trinajstić information content (AvgIpc) is 2.96. The van der Waals surface area contributed by atoms with Crippen molar-refractivity contribution >= 4 is 17.6 Å². The number of carbonyl (C=O) groups excluding carboxylic acids is 2. The SMILES string of the molecule is Cc1c(NC(=O)C(C)OC(=O)C23CC4CC(CC(C4)C2)C3)c(=O)n(-c2ccccc2)n1C. The number of anilines is 1. The molecule has 7 nitrogen and oxygen atoms in total. The van der Waals surface area contributed by atoms with Gasteiger partial charge in [0.05, 0.1) is 16.8 Å². The lowest BCUT2D eigenvalue weighted by Crippen LogP contribution is -2.51. The summed E-state index contributed by atoms with van der Waals surface area (Å²) < 4.78 is 8.92. The van der Waals surface area contributed by atoms with Gasteiger partial charge in [-0.2, -0.15) is 0 Å². The summed E-state index contributed by atoms with van der Waals surface area (Å²) in [7, 11) is 1.77. The van der Waals surface area contributed by atoms with Crippen molar-refractivity contribution in [3.05, 3.63) is 46.4 Å². The Morgan fingerprint density at radius 1 is 1.06 bits per heavy atom. The van der Waals surface area contributed by atoms with E-state index in [1.807, 2.05) is 30.3 Å². The molecule has 7 heteroatoms. The molecule has 0 radical (unpaired) electrons. The van der Waals surface area contributed by atoms with Gasteiger partial charge < -0.3 is 10.1 Å². The van der Waals surface area contributed by atoms with Gasteiger partial charge in [0.1, 0.15) is 5.69 Å². The van der Waals surface area contributed by atoms with Crippen molar-refractivity contribution in [2.75, 3.05) is 5.32 Å². The topological polar surface area (TPSA) is 82.3 Å². The predicted octanol–water partition coefficient (Wildman–Crippen LogP) is 3.57. The first-order valence-electron chi connectivity index (χ1n) is 11.6. The van der Waals surface area contributed by atoms with Crippen molar-refractivity contribution in [3.8, 4) is 5.69 Å². The lowest BCUT2D eigenvalue weighted by Gasteiger charge is -2.55. The van der Waals surface area contributed by atoms with Crippen LogP contribution in [-0.4, -0.2) is 27.3 Å². The summed E-state index contributed by atoms with van der Waals surface area (Å²) in [5.41, 5.74) is 0.825. The predicted molar refractivity (Wildman–Crippen MR) is 121 cm³/mol. The molecule has 2 aromatic rings. The zero-order valence-electron chi connectivity index (χ0n) is 19.0. The summed E-state index contributed by atoms with van der Waals surface area (Å²) in [6.45, 7) is 3.37. The van der Waals surface area contributed by atoms with E-state index < -0.39 is 17.4 Å². The van der Waals surface area contributed by atoms with Gasteiger partial charge in [0.25, 0.3) is 11.5 Å². The van der Waals surface area contributed by atoms with E-state index in [1.54, 1.807) is 25.6 Å². The van der Waals surface area contributed by atoms with E-state index in [4.69, 9.17) is 4.74 Å². The van der Waals surface area contributed by atoms with E-state index in [1.165, 1.54) is 23.9 Å². The highest BCUT2D eigenvalue weighted by molar-refractivity contribution is 5.95. The molecule has 4 bridgehead atoms. The second kappa shape index (κ2) is 7.64. The van der Waals surface area contributed by atoms with Crippen LogP contribution in [0.3, 0.4) is 0 Å². The number of ether oxygens (including phenoxy) is 1. The fraction of sp³-hybridized carbons (Fsp3) is 0.560. The highest BCUT2D eigenvalue weighted by atomic mass is 16.5. The van der Waals surface area contributed by atoms with E-state index in [9.17, 15) is 14.4 Å². The molecule has 1 aromatic carbocycles. The third kappa shape index (κ3) is 3.38. The van der Waals surface area contributed by atoms with Crippen LogP contribution in [0.5, 0.6) is 0 Å². The lowest BCUT2D eigenvalue weighted by atomic mass is 9.49. The minimum absolute atomic E-state index is 0.207. The monoisotopic (exact) mass is 437 g/mol. The number of rotatable bonds is 5. The maximum Gasteiger partial charge on any atom is 0.312 e. The molecule has 1 unspecified atom stereocenters. The Balaban J connectivity index is 1.31. The number of para-hydroxylation sites is 1. The molecule has 32 heavy (non-hydrogen) atoms. The molecular formula is C25H31N3O4. The van der Waals surface area contributed by atoms with Crippen LogP contribution >= 0.6 is 0 Å². The quantitative estimate of drug-likeness (QED) is 0.725. The fourth-order valence-corrected chi connectivity index (χ4v) is 6.64. The highest BCUT2D eigenvalue weighted by Crippen LogP contribution is 2.60. The Kier molecular flexibility index (Phi) is 5.02. The minimum Gasteiger partial charge on any atom is -0.452 e. The molecule has 4 saturated carbocycles. The molecule has 1 heterocycles. The maximum absolute atomic E-state index is 13.2. The second-order valence-electron chi connectivity index (χ2n) is 10.2. The van der Waals surface area contributed by atoms with Crippen molar-refractivity contribution in [2.45, 2.75) is 58.5 Å². The molecule has 1 amide bonds. The van der Waals surface area contributed by atoms with Gasteiger partial charge in [-0.3, -0.25) is 19.1 Å². The molecule has 1 atom stereocenters. The van der Waals surface area contributed by atoms with Crippen LogP contribution in [0.2, 0.25) is 0 Å². The zero-order valence-corrected chi connectivity index (χ0v) is 19.0. The average molecular weight is 438 g/mol. The molecule has 170 valence electrons. The first-order valence-corrected chi connectivity index (χ1v) is 11.6. The van der Waals surface area contributed by atoms with E-state index in [2.05, 4.69) is 5.32 Å². The van der Waals surface area contributed by atoms with Gasteiger partial charge in [0.15, 0.2) is 6.10 Å². The van der Waals surface area contributed by atoms with Crippen LogP contribution in [0.25, 0.3) is 5.69 Å². The van der Waals surface area contributed by atoms with Gasteiger partial charge in [0, 0.05) is 7.05 Å². The second-order valence-corrected chi connectivity index (χ2v) is 10.2. The summed E-state index contributed by atoms with van der Waals surface area (Å²) in [6, 6.07) is 9.26. The molecule has 0 saturated heterocycles. The Labute approximate surface area is 187 Å². The third-order valence-electron chi connectivity index (χ3n) is 7.93. The van der Waals surface area contributed by atoms with Crippen LogP contribution in [-0.2, 0) is 21.4 Å². The number of benzene rings is 1. The van der Waals surface area contributed by atoms with Crippen LogP contribution < -0.4 is 10.9 Å². The zero-order chi connectivity index (χ0) is 22.6. The number of nitrogens with zero attached hydrogens (tertiary/aromatic N) is 2. The molecule has 1 aromatic heterocycles. The van der Waals surface area contributed by atoms with E-state index in [0.29, 0.717) is 29.1 Å². The van der Waals surface area contributed by atoms with Gasteiger partial charge in [0.2, 0.25) is 0 Å². The van der Waals surface area contributed by atoms with E-state index in [-0.39, 0.29) is 17.2 Å². The molecule has 4 aliphatic rings. The van der Waals surface area contributed by atoms with Crippen LogP contribution in [0, 0.1) is 30.1 Å². The molecule has 0 spiro atoms. The number of amides is 1. The van der Waals surface area contributed by atoms with Crippen LogP contribution in [0.1, 0.15) is 51.1 Å². The Morgan fingerprint density at radius 3 is 2.19 bits per heavy atom. The summed E-state index contributed by atoms with van der Waals surface area (Å²) >= 11 is 0. The molecule has 4 fully saturated rings. The van der Waals surface area contributed by atoms with Crippen LogP contribution in [0.4, 0.5) is 5.69 Å². The first-order chi connectivity index (χ1) is 15.3. The first kappa shape index (κ1) is 21.0. The van der Waals surface area contributed by atoms with Crippen LogP contribution in [0.15, 0.2) is 35.1 Å². The summed E-state index contributed by atoms with van der Waals surface area (Å²) in [6.07, 6.45) is 5.44. The Hall–Kier alpha value is -2.83. The third-order valence-corrected chi connectivity index (χ3v) is 7.93. The van der Waals surface area contributed by atoms with Gasteiger partial charge in [-0.1, -0.05) is 18.2 Å². The van der Waals surface area contributed by atoms with Gasteiger partial charge >= 0.3 is 5.97 Å². The molecule has 6 rings (SSSR count). The number of hydrogen-bond donors (Lipinski definition) is 1. The smallest absolute Gasteiger partial charge is 0.312 e. The summed E-state index contributed by atoms with van der Waals surface area (Å²) in [5, 5.41) is 2.72. The van der Waals surface area contributed by atoms with Gasteiger partial charge in [-0.05, 0) is 82.3 Å². The molecular weight excluding hydrogens is 406 g/mol. The normalized spacial score (nSPS) is 29.0. The lowest BCUT2D eigenvalue weighted by molar-refractivity contribution is -0.177. The number of hydrogen-bond acceptors (Lipinski definition) is 4. The fourth-order valence-electron chi connectivity index (χ4n) is 6.64. The molecule has 1 N–H and O–H groups in total. The van der Waals surface area contributed by atoms with E-state index in [0.717, 1.165) is 19.3 Å². The van der Waals surface area contributed by atoms with Crippen molar-refractivity contribution in [3.63, 3.8) is 0 Å². The Bertz CT molecular complexity index is 1080. The standard InChI is InChI=1S/C25H31N3O4/c1-15-21(23(30)28(27(15)3)20-7-5-4-6-8-20)26-22(29)16(2)32-24(31)25-12-17-9-18(13-25)11-19(10-17)14-25/h4-8,16-19H,9-14H2,1-3H3,(H,26,29). The highest BCUT2D eigenvalue weighted by Gasteiger charge is 2.55. The van der Waals surface area contributed by atoms with Crippen molar-refractivity contribution in [1.29, 1.82) is 0 Å². The number of aromatic nitrogens is 2. The van der Waals surface area contributed by atoms with Gasteiger partial charge in [-0.25, -0.2) is 4.68 Å². The molecule has 4 aliphatic carbocycles. The minimum atomic E-state index is -0.959. The number of nitrogens with one attached hydrogen (secondary N) is 1. The summed E-state index contributed by atoms with van der Waals surface area (Å²) in [5.74, 6) is 1.17. The van der Waals surface area contributed by atoms with Gasteiger partial charge in [-0.15, -0.1) is 0 Å². The Morgan fingerprint density at radius 2 is 1.62 bits per heavy atom. The van der Waals surface area contributed by atoms with Crippen molar-refractivity contribution < 1.29 is 14.3 Å². The molecule has 0 aliphatic heterocycles. The largest absolute Gasteiger partial charge is 0.452 e.